The molecule has 6 nitrogen and oxygen atoms in total. The molecule has 0 unspecified atom stereocenters. The molecule has 0 atom stereocenters. The number of hydrogen-bond donors (Lipinski definition) is 1. The third-order valence-electron chi connectivity index (χ3n) is 2.78. The number of carbonyl (C=O) groups excluding carboxylic acids is 1. The van der Waals surface area contributed by atoms with Gasteiger partial charge in [-0.15, -0.1) is 0 Å². The van der Waals surface area contributed by atoms with Crippen molar-refractivity contribution in [2.24, 2.45) is 0 Å². The number of rotatable bonds is 2. The van der Waals surface area contributed by atoms with Gasteiger partial charge in [-0.25, -0.2) is 14.5 Å². The summed E-state index contributed by atoms with van der Waals surface area (Å²) < 4.78 is 6.18. The number of nitrogen functional groups attached to an aromatic ring is 1. The highest BCUT2D eigenvalue weighted by atomic mass is 35.5. The van der Waals surface area contributed by atoms with Gasteiger partial charge in [-0.3, -0.25) is 0 Å². The summed E-state index contributed by atoms with van der Waals surface area (Å²) in [7, 11) is 1.29. The molecule has 0 bridgehead atoms. The number of ether oxygens (including phenoxy) is 1. The molecule has 0 aromatic carbocycles. The van der Waals surface area contributed by atoms with Gasteiger partial charge in [0, 0.05) is 6.20 Å². The Kier molecular flexibility index (Phi) is 3.44. The van der Waals surface area contributed by atoms with Crippen LogP contribution < -0.4 is 5.73 Å². The van der Waals surface area contributed by atoms with Crippen LogP contribution >= 0.6 is 11.6 Å². The Labute approximate surface area is 115 Å². The Morgan fingerprint density at radius 1 is 1.47 bits per heavy atom. The van der Waals surface area contributed by atoms with Crippen molar-refractivity contribution in [3.8, 4) is 5.82 Å². The van der Waals surface area contributed by atoms with E-state index in [4.69, 9.17) is 17.3 Å². The van der Waals surface area contributed by atoms with E-state index in [0.717, 1.165) is 0 Å². The number of aryl methyl sites for hydroxylation is 1. The Morgan fingerprint density at radius 2 is 2.16 bits per heavy atom. The second-order valence-corrected chi connectivity index (χ2v) is 4.36. The van der Waals surface area contributed by atoms with Crippen LogP contribution in [-0.4, -0.2) is 27.8 Å². The van der Waals surface area contributed by atoms with Crippen LogP contribution in [0.2, 0.25) is 5.02 Å². The van der Waals surface area contributed by atoms with Gasteiger partial charge < -0.3 is 10.5 Å². The van der Waals surface area contributed by atoms with E-state index in [1.165, 1.54) is 24.1 Å². The number of nitrogens with zero attached hydrogens (tertiary/aromatic N) is 3. The van der Waals surface area contributed by atoms with E-state index in [1.807, 2.05) is 0 Å². The fraction of sp³-hybridized carbons (Fsp3) is 0.250. The number of nitrogens with two attached hydrogens (primary N) is 1. The molecule has 0 amide bonds. The van der Waals surface area contributed by atoms with Crippen LogP contribution in [0, 0.1) is 13.8 Å². The van der Waals surface area contributed by atoms with Crippen molar-refractivity contribution in [2.45, 2.75) is 13.8 Å². The van der Waals surface area contributed by atoms with E-state index >= 15 is 0 Å². The van der Waals surface area contributed by atoms with Crippen molar-refractivity contribution in [3.05, 3.63) is 34.2 Å². The summed E-state index contributed by atoms with van der Waals surface area (Å²) >= 11 is 6.09. The first-order valence-electron chi connectivity index (χ1n) is 5.52. The average Bonchev–Trinajstić information content (AvgIpc) is 2.66. The lowest BCUT2D eigenvalue weighted by atomic mass is 10.2. The minimum Gasteiger partial charge on any atom is -0.465 e. The van der Waals surface area contributed by atoms with Gasteiger partial charge in [0.1, 0.15) is 0 Å². The van der Waals surface area contributed by atoms with Crippen molar-refractivity contribution < 1.29 is 9.53 Å². The monoisotopic (exact) mass is 280 g/mol. The Balaban J connectivity index is 2.63. The zero-order valence-electron chi connectivity index (χ0n) is 10.8. The number of methoxy groups -OCH3 is 1. The van der Waals surface area contributed by atoms with Crippen molar-refractivity contribution >= 4 is 23.3 Å². The van der Waals surface area contributed by atoms with E-state index in [0.29, 0.717) is 22.2 Å². The molecule has 0 aliphatic carbocycles. The van der Waals surface area contributed by atoms with E-state index in [1.54, 1.807) is 13.8 Å². The lowest BCUT2D eigenvalue weighted by molar-refractivity contribution is 0.0602. The molecule has 19 heavy (non-hydrogen) atoms. The van der Waals surface area contributed by atoms with Gasteiger partial charge in [0.2, 0.25) is 0 Å². The van der Waals surface area contributed by atoms with Crippen LogP contribution in [0.15, 0.2) is 12.3 Å². The lowest BCUT2D eigenvalue weighted by Crippen LogP contribution is -2.12. The van der Waals surface area contributed by atoms with Gasteiger partial charge >= 0.3 is 5.97 Å². The largest absolute Gasteiger partial charge is 0.465 e. The first kappa shape index (κ1) is 13.4. The highest BCUT2D eigenvalue weighted by Crippen LogP contribution is 2.25. The normalized spacial score (nSPS) is 10.5. The maximum atomic E-state index is 11.6. The van der Waals surface area contributed by atoms with E-state index in [2.05, 4.69) is 14.8 Å². The molecule has 7 heteroatoms. The van der Waals surface area contributed by atoms with Crippen LogP contribution in [0.5, 0.6) is 0 Å². The quantitative estimate of drug-likeness (QED) is 0.850. The van der Waals surface area contributed by atoms with Crippen LogP contribution in [0.4, 0.5) is 5.69 Å². The number of anilines is 1. The fourth-order valence-electron chi connectivity index (χ4n) is 1.75. The van der Waals surface area contributed by atoms with E-state index in [-0.39, 0.29) is 11.3 Å². The van der Waals surface area contributed by atoms with Crippen molar-refractivity contribution in [2.75, 3.05) is 12.8 Å². The molecule has 100 valence electrons. The lowest BCUT2D eigenvalue weighted by Gasteiger charge is -2.09. The highest BCUT2D eigenvalue weighted by molar-refractivity contribution is 6.31. The second-order valence-electron chi connectivity index (χ2n) is 3.98. The van der Waals surface area contributed by atoms with Crippen molar-refractivity contribution in [1.82, 2.24) is 14.8 Å². The molecule has 0 saturated carbocycles. The van der Waals surface area contributed by atoms with Crippen LogP contribution in [0.1, 0.15) is 21.7 Å². The number of esters is 1. The maximum absolute atomic E-state index is 11.6. The van der Waals surface area contributed by atoms with Crippen molar-refractivity contribution in [1.29, 1.82) is 0 Å². The van der Waals surface area contributed by atoms with Crippen LogP contribution in [-0.2, 0) is 4.74 Å². The molecule has 0 saturated heterocycles. The smallest absolute Gasteiger partial charge is 0.340 e. The molecular weight excluding hydrogens is 268 g/mol. The number of halogens is 1. The summed E-state index contributed by atoms with van der Waals surface area (Å²) in [6.45, 7) is 3.58. The van der Waals surface area contributed by atoms with Crippen LogP contribution in [0.25, 0.3) is 5.82 Å². The first-order valence-corrected chi connectivity index (χ1v) is 5.90. The predicted octanol–water partition coefficient (Wildman–Crippen LogP) is 1.91. The zero-order chi connectivity index (χ0) is 14.2. The van der Waals surface area contributed by atoms with E-state index < -0.39 is 5.97 Å². The second kappa shape index (κ2) is 4.89. The molecule has 2 aromatic heterocycles. The summed E-state index contributed by atoms with van der Waals surface area (Å²) in [6, 6.07) is 1.50. The summed E-state index contributed by atoms with van der Waals surface area (Å²) in [6.07, 6.45) is 1.47. The Bertz CT molecular complexity index is 651. The molecule has 0 radical (unpaired) electrons. The SMILES string of the molecule is COC(=O)c1ccnc(-n2nc(C)c(Cl)c2C)c1N. The molecular formula is C12H13ClN4O2. The summed E-state index contributed by atoms with van der Waals surface area (Å²) in [5, 5.41) is 4.80. The predicted molar refractivity (Wildman–Crippen MR) is 71.6 cm³/mol. The molecule has 0 aliphatic rings. The van der Waals surface area contributed by atoms with Crippen LogP contribution in [0.3, 0.4) is 0 Å². The summed E-state index contributed by atoms with van der Waals surface area (Å²) in [4.78, 5) is 15.7. The van der Waals surface area contributed by atoms with Gasteiger partial charge in [-0.1, -0.05) is 11.6 Å². The van der Waals surface area contributed by atoms with Gasteiger partial charge in [-0.2, -0.15) is 5.10 Å². The zero-order valence-corrected chi connectivity index (χ0v) is 11.5. The van der Waals surface area contributed by atoms with Gasteiger partial charge in [0.05, 0.1) is 34.8 Å². The molecule has 2 aromatic rings. The minimum atomic E-state index is -0.520. The molecule has 0 fully saturated rings. The third kappa shape index (κ3) is 2.15. The summed E-state index contributed by atoms with van der Waals surface area (Å²) in [5.74, 6) is -0.163. The van der Waals surface area contributed by atoms with E-state index in [9.17, 15) is 4.79 Å². The topological polar surface area (TPSA) is 83.0 Å². The fourth-order valence-corrected chi connectivity index (χ4v) is 1.87. The molecule has 2 N–H and O–H groups in total. The first-order chi connectivity index (χ1) is 8.97. The molecule has 2 rings (SSSR count). The maximum Gasteiger partial charge on any atom is 0.340 e. The molecule has 0 spiro atoms. The average molecular weight is 281 g/mol. The number of hydrogen-bond acceptors (Lipinski definition) is 5. The van der Waals surface area contributed by atoms with Gasteiger partial charge in [0.25, 0.3) is 0 Å². The molecule has 0 aliphatic heterocycles. The van der Waals surface area contributed by atoms with Crippen molar-refractivity contribution in [3.63, 3.8) is 0 Å². The van der Waals surface area contributed by atoms with Gasteiger partial charge in [-0.05, 0) is 19.9 Å². The summed E-state index contributed by atoms with van der Waals surface area (Å²) in [5.41, 5.74) is 7.78. The number of pyridine rings is 1. The number of aromatic nitrogens is 3. The molecule has 2 heterocycles. The number of carbonyl (C=O) groups is 1. The minimum absolute atomic E-state index is 0.205. The highest BCUT2D eigenvalue weighted by Gasteiger charge is 2.18. The Hall–Kier alpha value is -2.08. The third-order valence-corrected chi connectivity index (χ3v) is 3.33. The standard InChI is InChI=1S/C12H13ClN4O2/c1-6-9(13)7(2)17(16-6)11-10(14)8(4-5-15-11)12(18)19-3/h4-5H,14H2,1-3H3. The Morgan fingerprint density at radius 3 is 2.68 bits per heavy atom. The van der Waals surface area contributed by atoms with Gasteiger partial charge in [0.15, 0.2) is 5.82 Å².